The predicted octanol–water partition coefficient (Wildman–Crippen LogP) is 6.60. The van der Waals surface area contributed by atoms with Gasteiger partial charge in [0.15, 0.2) is 0 Å². The number of nitrogens with zero attached hydrogens (tertiary/aromatic N) is 2. The first-order chi connectivity index (χ1) is 20.8. The molecule has 0 bridgehead atoms. The van der Waals surface area contributed by atoms with Gasteiger partial charge in [-0.2, -0.15) is 0 Å². The highest BCUT2D eigenvalue weighted by Gasteiger charge is 2.32. The zero-order valence-electron chi connectivity index (χ0n) is 25.8. The monoisotopic (exact) mass is 639 g/mol. The number of sulfonamides is 1. The lowest BCUT2D eigenvalue weighted by atomic mass is 9.86. The second-order valence-electron chi connectivity index (χ2n) is 12.8. The van der Waals surface area contributed by atoms with Crippen LogP contribution in [0, 0.1) is 0 Å². The van der Waals surface area contributed by atoms with Gasteiger partial charge in [0.25, 0.3) is 0 Å². The fourth-order valence-electron chi connectivity index (χ4n) is 5.65. The highest BCUT2D eigenvalue weighted by molar-refractivity contribution is 7.89. The number of thiazole rings is 1. The highest BCUT2D eigenvalue weighted by atomic mass is 32.2. The van der Waals surface area contributed by atoms with Crippen LogP contribution in [0.1, 0.15) is 82.4 Å². The third kappa shape index (κ3) is 7.77. The number of hydrogen-bond acceptors (Lipinski definition) is 7. The molecule has 2 aromatic carbocycles. The van der Waals surface area contributed by atoms with Gasteiger partial charge in [-0.25, -0.2) is 27.7 Å². The molecule has 1 aliphatic carbocycles. The van der Waals surface area contributed by atoms with Crippen molar-refractivity contribution >= 4 is 39.2 Å². The van der Waals surface area contributed by atoms with Gasteiger partial charge in [-0.1, -0.05) is 30.3 Å². The lowest BCUT2D eigenvalue weighted by molar-refractivity contribution is 0.109. The zero-order valence-corrected chi connectivity index (χ0v) is 27.5. The van der Waals surface area contributed by atoms with Crippen molar-refractivity contribution in [3.63, 3.8) is 0 Å². The number of aromatic nitrogens is 1. The molecule has 0 spiro atoms. The Bertz CT molecular complexity index is 1610. The minimum atomic E-state index is -3.94. The minimum absolute atomic E-state index is 0.0619. The summed E-state index contributed by atoms with van der Waals surface area (Å²) in [6.45, 7) is 9.82. The summed E-state index contributed by atoms with van der Waals surface area (Å²) in [5.41, 5.74) is 2.19. The first-order valence-corrected chi connectivity index (χ1v) is 17.3. The van der Waals surface area contributed by atoms with E-state index in [4.69, 9.17) is 9.72 Å². The molecule has 1 aliphatic heterocycles. The van der Waals surface area contributed by atoms with Crippen LogP contribution in [0.15, 0.2) is 53.6 Å². The number of carbonyl (C=O) groups excluding carboxylic acids is 2. The standard InChI is InChI=1S/C32H41N5O5S2/c1-20(2)42-31(39)34-24-13-11-22(12-14-24)29-33-17-27(43-29)25-15-23-19-37(18-21-9-7-6-8-10-21)30(38)35-26(23)16-28(25)44(40,41)36-32(3,4)5/h6-10,15-17,20,22,24,36H,11-14,18-19H2,1-5H3,(H,34,39)(H,35,38)/t22-,24-. The Morgan fingerprint density at radius 1 is 1.14 bits per heavy atom. The van der Waals surface area contributed by atoms with E-state index in [9.17, 15) is 18.0 Å². The third-order valence-corrected chi connectivity index (χ3v) is 10.6. The number of carbonyl (C=O) groups is 2. The molecule has 236 valence electrons. The van der Waals surface area contributed by atoms with Gasteiger partial charge in [0, 0.05) is 48.0 Å². The summed E-state index contributed by atoms with van der Waals surface area (Å²) in [4.78, 5) is 32.4. The molecule has 12 heteroatoms. The maximum atomic E-state index is 13.7. The number of hydrogen-bond donors (Lipinski definition) is 3. The van der Waals surface area contributed by atoms with Gasteiger partial charge in [0.2, 0.25) is 10.0 Å². The number of fused-ring (bicyclic) bond motifs is 1. The Hall–Kier alpha value is -3.48. The van der Waals surface area contributed by atoms with E-state index in [1.165, 1.54) is 11.3 Å². The minimum Gasteiger partial charge on any atom is -0.447 e. The van der Waals surface area contributed by atoms with E-state index in [-0.39, 0.29) is 35.1 Å². The first-order valence-electron chi connectivity index (χ1n) is 15.0. The summed E-state index contributed by atoms with van der Waals surface area (Å²) < 4.78 is 35.4. The molecule has 10 nitrogen and oxygen atoms in total. The van der Waals surface area contributed by atoms with Crippen LogP contribution in [-0.4, -0.2) is 48.1 Å². The molecule has 3 amide bonds. The first kappa shape index (κ1) is 31.9. The zero-order chi connectivity index (χ0) is 31.6. The summed E-state index contributed by atoms with van der Waals surface area (Å²) in [5, 5.41) is 6.82. The van der Waals surface area contributed by atoms with Crippen LogP contribution >= 0.6 is 11.3 Å². The smallest absolute Gasteiger partial charge is 0.407 e. The molecule has 0 radical (unpaired) electrons. The molecule has 2 aliphatic rings. The highest BCUT2D eigenvalue weighted by Crippen LogP contribution is 2.41. The van der Waals surface area contributed by atoms with Crippen LogP contribution in [0.25, 0.3) is 10.4 Å². The van der Waals surface area contributed by atoms with Crippen LogP contribution in [0.5, 0.6) is 0 Å². The Balaban J connectivity index is 1.41. The van der Waals surface area contributed by atoms with Crippen molar-refractivity contribution in [1.29, 1.82) is 0 Å². The van der Waals surface area contributed by atoms with Crippen molar-refractivity contribution in [3.05, 3.63) is 64.8 Å². The second kappa shape index (κ2) is 12.9. The average molecular weight is 640 g/mol. The Labute approximate surface area is 263 Å². The van der Waals surface area contributed by atoms with Crippen LogP contribution in [0.3, 0.4) is 0 Å². The van der Waals surface area contributed by atoms with Gasteiger partial charge in [0.1, 0.15) is 0 Å². The molecule has 0 saturated heterocycles. The molecule has 3 N–H and O–H groups in total. The number of ether oxygens (including phenoxy) is 1. The largest absolute Gasteiger partial charge is 0.447 e. The van der Waals surface area contributed by atoms with E-state index in [0.717, 1.165) is 46.7 Å². The molecular weight excluding hydrogens is 599 g/mol. The van der Waals surface area contributed by atoms with Crippen LogP contribution in [0.2, 0.25) is 0 Å². The lowest BCUT2D eigenvalue weighted by Crippen LogP contribution is -2.41. The van der Waals surface area contributed by atoms with Gasteiger partial charge >= 0.3 is 12.1 Å². The molecule has 1 saturated carbocycles. The molecule has 5 rings (SSSR count). The van der Waals surface area contributed by atoms with Gasteiger partial charge in [0.05, 0.1) is 20.9 Å². The van der Waals surface area contributed by atoms with Gasteiger partial charge in [-0.15, -0.1) is 11.3 Å². The molecule has 44 heavy (non-hydrogen) atoms. The van der Waals surface area contributed by atoms with E-state index in [2.05, 4.69) is 15.4 Å². The fourth-order valence-corrected chi connectivity index (χ4v) is 8.48. The van der Waals surface area contributed by atoms with Gasteiger partial charge in [-0.3, -0.25) is 0 Å². The quantitative estimate of drug-likeness (QED) is 0.255. The topological polar surface area (TPSA) is 130 Å². The van der Waals surface area contributed by atoms with Crippen molar-refractivity contribution in [2.24, 2.45) is 0 Å². The Morgan fingerprint density at radius 3 is 2.50 bits per heavy atom. The van der Waals surface area contributed by atoms with Crippen molar-refractivity contribution in [2.45, 2.75) is 102 Å². The van der Waals surface area contributed by atoms with Crippen molar-refractivity contribution in [1.82, 2.24) is 19.9 Å². The molecule has 1 fully saturated rings. The van der Waals surface area contributed by atoms with E-state index < -0.39 is 15.6 Å². The summed E-state index contributed by atoms with van der Waals surface area (Å²) in [7, 11) is -3.94. The third-order valence-electron chi connectivity index (χ3n) is 7.57. The number of anilines is 1. The fraction of sp³-hybridized carbons (Fsp3) is 0.469. The number of rotatable bonds is 8. The van der Waals surface area contributed by atoms with Crippen molar-refractivity contribution < 1.29 is 22.7 Å². The second-order valence-corrected chi connectivity index (χ2v) is 15.6. The summed E-state index contributed by atoms with van der Waals surface area (Å²) in [6, 6.07) is 13.0. The summed E-state index contributed by atoms with van der Waals surface area (Å²) in [5.74, 6) is 0.221. The number of amides is 3. The van der Waals surface area contributed by atoms with E-state index >= 15 is 0 Å². The summed E-state index contributed by atoms with van der Waals surface area (Å²) in [6.07, 6.45) is 4.56. The van der Waals surface area contributed by atoms with E-state index in [1.807, 2.05) is 50.2 Å². The predicted molar refractivity (Wildman–Crippen MR) is 172 cm³/mol. The van der Waals surface area contributed by atoms with Gasteiger partial charge < -0.3 is 20.3 Å². The van der Waals surface area contributed by atoms with E-state index in [0.29, 0.717) is 24.3 Å². The molecule has 0 atom stereocenters. The SMILES string of the molecule is CC(C)OC(=O)N[C@H]1CC[C@H](c2ncc(-c3cc4c(cc3S(=O)(=O)NC(C)(C)C)NC(=O)N(Cc3ccccc3)C4)s2)CC1. The number of benzene rings is 2. The number of alkyl carbamates (subject to hydrolysis) is 1. The molecular formula is C32H41N5O5S2. The van der Waals surface area contributed by atoms with Crippen LogP contribution in [0.4, 0.5) is 15.3 Å². The van der Waals surface area contributed by atoms with Crippen LogP contribution < -0.4 is 15.4 Å². The number of nitrogens with one attached hydrogen (secondary N) is 3. The normalized spacial score (nSPS) is 19.0. The Morgan fingerprint density at radius 2 is 1.84 bits per heavy atom. The van der Waals surface area contributed by atoms with E-state index in [1.54, 1.807) is 37.9 Å². The molecule has 3 aromatic rings. The van der Waals surface area contributed by atoms with Crippen LogP contribution in [-0.2, 0) is 27.8 Å². The molecule has 2 heterocycles. The molecule has 0 unspecified atom stereocenters. The van der Waals surface area contributed by atoms with Gasteiger partial charge in [-0.05, 0) is 83.6 Å². The maximum Gasteiger partial charge on any atom is 0.407 e. The maximum absolute atomic E-state index is 13.7. The van der Waals surface area contributed by atoms with Crippen molar-refractivity contribution in [3.8, 4) is 10.4 Å². The average Bonchev–Trinajstić information content (AvgIpc) is 3.42. The van der Waals surface area contributed by atoms with Crippen molar-refractivity contribution in [2.75, 3.05) is 5.32 Å². The molecule has 1 aromatic heterocycles. The summed E-state index contributed by atoms with van der Waals surface area (Å²) >= 11 is 1.50. The Kier molecular flexibility index (Phi) is 9.33. The lowest BCUT2D eigenvalue weighted by Gasteiger charge is -2.31. The number of urea groups is 1.